The van der Waals surface area contributed by atoms with E-state index in [2.05, 4.69) is 4.98 Å². The first-order valence-electron chi connectivity index (χ1n) is 7.05. The summed E-state index contributed by atoms with van der Waals surface area (Å²) in [6.07, 6.45) is 4.97. The van der Waals surface area contributed by atoms with Crippen LogP contribution in [0.4, 0.5) is 5.69 Å². The van der Waals surface area contributed by atoms with Crippen molar-refractivity contribution in [2.45, 2.75) is 12.8 Å². The molecular weight excluding hydrogens is 284 g/mol. The smallest absolute Gasteiger partial charge is 0.360 e. The molecule has 0 spiro atoms. The zero-order valence-corrected chi connectivity index (χ0v) is 12.2. The number of ether oxygens (including phenoxy) is 1. The molecule has 0 aromatic carbocycles. The maximum atomic E-state index is 12.3. The lowest BCUT2D eigenvalue weighted by atomic mass is 10.2. The molecule has 0 aliphatic heterocycles. The monoisotopic (exact) mass is 300 g/mol. The van der Waals surface area contributed by atoms with Crippen molar-refractivity contribution >= 4 is 11.6 Å². The van der Waals surface area contributed by atoms with Gasteiger partial charge < -0.3 is 9.15 Å². The molecule has 0 atom stereocenters. The first-order valence-corrected chi connectivity index (χ1v) is 7.05. The quantitative estimate of drug-likeness (QED) is 0.790. The highest BCUT2D eigenvalue weighted by Gasteiger charge is 2.35. The van der Waals surface area contributed by atoms with Crippen LogP contribution in [0.15, 0.2) is 45.9 Å². The summed E-state index contributed by atoms with van der Waals surface area (Å²) < 4.78 is 10.4. The summed E-state index contributed by atoms with van der Waals surface area (Å²) in [6, 6.07) is 6.81. The molecule has 1 amide bonds. The summed E-state index contributed by atoms with van der Waals surface area (Å²) in [6.45, 7) is 0.0341. The van der Waals surface area contributed by atoms with Crippen molar-refractivity contribution in [2.75, 3.05) is 18.7 Å². The number of pyridine rings is 1. The third-order valence-corrected chi connectivity index (χ3v) is 3.49. The van der Waals surface area contributed by atoms with E-state index in [0.29, 0.717) is 11.3 Å². The minimum absolute atomic E-state index is 0.00690. The standard InChI is InChI=1S/C16H16N2O4/c1-21-10-18(15(19)11-4-5-11)13-6-7-14(22-16(13)20)12-3-2-8-17-9-12/h2-3,6-9,11H,4-5,10H2,1H3. The maximum absolute atomic E-state index is 12.3. The van der Waals surface area contributed by atoms with E-state index in [1.807, 2.05) is 0 Å². The van der Waals surface area contributed by atoms with Gasteiger partial charge in [0.2, 0.25) is 5.91 Å². The summed E-state index contributed by atoms with van der Waals surface area (Å²) in [5.74, 6) is 0.314. The van der Waals surface area contributed by atoms with Crippen molar-refractivity contribution in [1.82, 2.24) is 4.98 Å². The normalized spacial score (nSPS) is 13.9. The Morgan fingerprint density at radius 3 is 2.82 bits per heavy atom. The molecule has 6 heteroatoms. The van der Waals surface area contributed by atoms with Crippen LogP contribution < -0.4 is 10.5 Å². The van der Waals surface area contributed by atoms with Gasteiger partial charge in [-0.25, -0.2) is 4.79 Å². The average Bonchev–Trinajstić information content (AvgIpc) is 3.38. The number of methoxy groups -OCH3 is 1. The first kappa shape index (κ1) is 14.5. The van der Waals surface area contributed by atoms with E-state index in [1.165, 1.54) is 12.0 Å². The van der Waals surface area contributed by atoms with E-state index in [9.17, 15) is 9.59 Å². The van der Waals surface area contributed by atoms with Crippen molar-refractivity contribution < 1.29 is 13.9 Å². The molecule has 1 fully saturated rings. The van der Waals surface area contributed by atoms with Crippen LogP contribution in [0.3, 0.4) is 0 Å². The molecule has 2 heterocycles. The summed E-state index contributed by atoms with van der Waals surface area (Å²) >= 11 is 0. The van der Waals surface area contributed by atoms with Crippen LogP contribution in [0.25, 0.3) is 11.3 Å². The van der Waals surface area contributed by atoms with Crippen molar-refractivity contribution in [3.8, 4) is 11.3 Å². The number of carbonyl (C=O) groups is 1. The van der Waals surface area contributed by atoms with Gasteiger partial charge in [0, 0.05) is 31.0 Å². The molecule has 6 nitrogen and oxygen atoms in total. The number of rotatable bonds is 5. The predicted molar refractivity (Wildman–Crippen MR) is 80.3 cm³/mol. The minimum Gasteiger partial charge on any atom is -0.421 e. The number of anilines is 1. The average molecular weight is 300 g/mol. The van der Waals surface area contributed by atoms with E-state index in [1.54, 1.807) is 36.7 Å². The predicted octanol–water partition coefficient (Wildman–Crippen LogP) is 2.05. The Labute approximate surface area is 127 Å². The van der Waals surface area contributed by atoms with Gasteiger partial charge in [0.05, 0.1) is 0 Å². The third-order valence-electron chi connectivity index (χ3n) is 3.49. The largest absolute Gasteiger partial charge is 0.421 e. The van der Waals surface area contributed by atoms with E-state index >= 15 is 0 Å². The Morgan fingerprint density at radius 2 is 2.23 bits per heavy atom. The lowest BCUT2D eigenvalue weighted by molar-refractivity contribution is -0.120. The van der Waals surface area contributed by atoms with Gasteiger partial charge in [-0.2, -0.15) is 0 Å². The molecule has 1 saturated carbocycles. The van der Waals surface area contributed by atoms with Crippen LogP contribution in [0, 0.1) is 5.92 Å². The molecule has 1 aliphatic carbocycles. The van der Waals surface area contributed by atoms with Gasteiger partial charge in [-0.1, -0.05) is 0 Å². The van der Waals surface area contributed by atoms with Gasteiger partial charge in [-0.3, -0.25) is 14.7 Å². The zero-order chi connectivity index (χ0) is 15.5. The van der Waals surface area contributed by atoms with E-state index in [-0.39, 0.29) is 24.2 Å². The summed E-state index contributed by atoms with van der Waals surface area (Å²) in [7, 11) is 1.48. The SMILES string of the molecule is COCN(C(=O)C1CC1)c1ccc(-c2cccnc2)oc1=O. The maximum Gasteiger partial charge on any atom is 0.360 e. The highest BCUT2D eigenvalue weighted by Crippen LogP contribution is 2.32. The molecule has 0 bridgehead atoms. The molecular formula is C16H16N2O4. The van der Waals surface area contributed by atoms with E-state index < -0.39 is 5.63 Å². The number of carbonyl (C=O) groups excluding carboxylic acids is 1. The molecule has 0 radical (unpaired) electrons. The van der Waals surface area contributed by atoms with Crippen molar-refractivity contribution in [3.63, 3.8) is 0 Å². The second-order valence-corrected chi connectivity index (χ2v) is 5.17. The minimum atomic E-state index is -0.563. The van der Waals surface area contributed by atoms with E-state index in [4.69, 9.17) is 9.15 Å². The molecule has 2 aromatic rings. The number of amides is 1. The number of hydrogen-bond acceptors (Lipinski definition) is 5. The Bertz CT molecular complexity index is 722. The van der Waals surface area contributed by atoms with Crippen LogP contribution in [-0.2, 0) is 9.53 Å². The molecule has 22 heavy (non-hydrogen) atoms. The molecule has 0 saturated heterocycles. The number of hydrogen-bond donors (Lipinski definition) is 0. The zero-order valence-electron chi connectivity index (χ0n) is 12.2. The lowest BCUT2D eigenvalue weighted by Gasteiger charge is -2.20. The molecule has 3 rings (SSSR count). The van der Waals surface area contributed by atoms with Crippen LogP contribution in [0.5, 0.6) is 0 Å². The van der Waals surface area contributed by atoms with Crippen molar-refractivity contribution in [1.29, 1.82) is 0 Å². The fraction of sp³-hybridized carbons (Fsp3) is 0.312. The second kappa shape index (κ2) is 6.11. The van der Waals surface area contributed by atoms with Gasteiger partial charge in [-0.15, -0.1) is 0 Å². The Balaban J connectivity index is 1.93. The number of aromatic nitrogens is 1. The summed E-state index contributed by atoms with van der Waals surface area (Å²) in [5, 5.41) is 0. The topological polar surface area (TPSA) is 72.6 Å². The molecule has 0 unspecified atom stereocenters. The summed E-state index contributed by atoms with van der Waals surface area (Å²) in [5.41, 5.74) is 0.344. The first-order chi connectivity index (χ1) is 10.7. The van der Waals surface area contributed by atoms with Gasteiger partial charge in [0.25, 0.3) is 0 Å². The molecule has 1 aliphatic rings. The van der Waals surface area contributed by atoms with Gasteiger partial charge >= 0.3 is 5.63 Å². The Hall–Kier alpha value is -2.47. The van der Waals surface area contributed by atoms with Gasteiger partial charge in [0.1, 0.15) is 18.2 Å². The Kier molecular flexibility index (Phi) is 4.02. The highest BCUT2D eigenvalue weighted by molar-refractivity contribution is 5.96. The Morgan fingerprint density at radius 1 is 1.41 bits per heavy atom. The van der Waals surface area contributed by atoms with Crippen LogP contribution >= 0.6 is 0 Å². The van der Waals surface area contributed by atoms with Crippen molar-refractivity contribution in [3.05, 3.63) is 47.1 Å². The molecule has 114 valence electrons. The lowest BCUT2D eigenvalue weighted by Crippen LogP contribution is -2.37. The molecule has 0 N–H and O–H groups in total. The fourth-order valence-electron chi connectivity index (χ4n) is 2.20. The number of nitrogens with zero attached hydrogens (tertiary/aromatic N) is 2. The highest BCUT2D eigenvalue weighted by atomic mass is 16.5. The molecule has 2 aromatic heterocycles. The van der Waals surface area contributed by atoms with Crippen LogP contribution in [-0.4, -0.2) is 24.7 Å². The second-order valence-electron chi connectivity index (χ2n) is 5.17. The van der Waals surface area contributed by atoms with Gasteiger partial charge in [-0.05, 0) is 37.1 Å². The van der Waals surface area contributed by atoms with Gasteiger partial charge in [0.15, 0.2) is 0 Å². The van der Waals surface area contributed by atoms with Crippen molar-refractivity contribution in [2.24, 2.45) is 5.92 Å². The van der Waals surface area contributed by atoms with Crippen LogP contribution in [0.2, 0.25) is 0 Å². The van der Waals surface area contributed by atoms with E-state index in [0.717, 1.165) is 12.8 Å². The summed E-state index contributed by atoms with van der Waals surface area (Å²) in [4.78, 5) is 29.8. The third kappa shape index (κ3) is 2.92. The fourth-order valence-corrected chi connectivity index (χ4v) is 2.20. The van der Waals surface area contributed by atoms with Crippen LogP contribution in [0.1, 0.15) is 12.8 Å².